The summed E-state index contributed by atoms with van der Waals surface area (Å²) in [6.07, 6.45) is 1.02. The predicted octanol–water partition coefficient (Wildman–Crippen LogP) is 1.35. The van der Waals surface area contributed by atoms with Gasteiger partial charge in [-0.3, -0.25) is 4.79 Å². The second-order valence-corrected chi connectivity index (χ2v) is 4.48. The van der Waals surface area contributed by atoms with Crippen LogP contribution in [0.1, 0.15) is 27.2 Å². The molecule has 0 heterocycles. The average molecular weight is 200 g/mol. The molecule has 1 N–H and O–H groups in total. The predicted molar refractivity (Wildman–Crippen MR) is 60.2 cm³/mol. The third-order valence-electron chi connectivity index (χ3n) is 2.49. The molecule has 0 bridgehead atoms. The first-order valence-electron chi connectivity index (χ1n) is 5.37. The Labute approximate surface area is 87.9 Å². The van der Waals surface area contributed by atoms with Gasteiger partial charge in [-0.1, -0.05) is 20.8 Å². The van der Waals surface area contributed by atoms with Crippen molar-refractivity contribution in [2.75, 3.05) is 27.2 Å². The van der Waals surface area contributed by atoms with Crippen molar-refractivity contribution in [3.63, 3.8) is 0 Å². The van der Waals surface area contributed by atoms with Crippen LogP contribution in [0, 0.1) is 11.8 Å². The first kappa shape index (κ1) is 13.4. The van der Waals surface area contributed by atoms with Crippen molar-refractivity contribution >= 4 is 5.91 Å². The molecular formula is C11H24N2O. The third kappa shape index (κ3) is 5.97. The van der Waals surface area contributed by atoms with E-state index in [2.05, 4.69) is 24.1 Å². The molecule has 0 spiro atoms. The van der Waals surface area contributed by atoms with Crippen LogP contribution < -0.4 is 5.32 Å². The van der Waals surface area contributed by atoms with Gasteiger partial charge >= 0.3 is 0 Å². The normalized spacial score (nSPS) is 13.4. The number of amides is 1. The van der Waals surface area contributed by atoms with Crippen LogP contribution in [0.3, 0.4) is 0 Å². The Bertz CT molecular complexity index is 167. The maximum absolute atomic E-state index is 11.5. The molecule has 0 unspecified atom stereocenters. The van der Waals surface area contributed by atoms with Gasteiger partial charge in [-0.15, -0.1) is 0 Å². The lowest BCUT2D eigenvalue weighted by Crippen LogP contribution is -2.33. The highest BCUT2D eigenvalue weighted by molar-refractivity contribution is 5.78. The highest BCUT2D eigenvalue weighted by Crippen LogP contribution is 2.08. The van der Waals surface area contributed by atoms with Gasteiger partial charge in [0.2, 0.25) is 5.91 Å². The van der Waals surface area contributed by atoms with E-state index in [1.165, 1.54) is 0 Å². The molecule has 0 aliphatic carbocycles. The molecule has 0 aromatic carbocycles. The van der Waals surface area contributed by atoms with Crippen LogP contribution in [-0.2, 0) is 4.79 Å². The molecule has 0 saturated carbocycles. The molecule has 0 aliphatic heterocycles. The topological polar surface area (TPSA) is 32.3 Å². The van der Waals surface area contributed by atoms with E-state index in [-0.39, 0.29) is 11.8 Å². The molecule has 1 amide bonds. The van der Waals surface area contributed by atoms with Crippen molar-refractivity contribution in [3.05, 3.63) is 0 Å². The van der Waals surface area contributed by atoms with Crippen LogP contribution in [0.2, 0.25) is 0 Å². The van der Waals surface area contributed by atoms with Gasteiger partial charge in [0.05, 0.1) is 0 Å². The zero-order valence-corrected chi connectivity index (χ0v) is 10.1. The molecule has 0 saturated heterocycles. The van der Waals surface area contributed by atoms with Crippen LogP contribution in [0.4, 0.5) is 0 Å². The van der Waals surface area contributed by atoms with Crippen LogP contribution in [0.5, 0.6) is 0 Å². The summed E-state index contributed by atoms with van der Waals surface area (Å²) >= 11 is 0. The van der Waals surface area contributed by atoms with Crippen LogP contribution >= 0.6 is 0 Å². The number of nitrogens with zero attached hydrogens (tertiary/aromatic N) is 1. The third-order valence-corrected chi connectivity index (χ3v) is 2.49. The van der Waals surface area contributed by atoms with E-state index < -0.39 is 0 Å². The monoisotopic (exact) mass is 200 g/mol. The minimum atomic E-state index is 0.120. The molecule has 3 heteroatoms. The van der Waals surface area contributed by atoms with E-state index in [4.69, 9.17) is 0 Å². The van der Waals surface area contributed by atoms with Crippen molar-refractivity contribution in [1.29, 1.82) is 0 Å². The maximum atomic E-state index is 11.5. The van der Waals surface area contributed by atoms with Crippen molar-refractivity contribution in [2.24, 2.45) is 11.8 Å². The molecule has 0 fully saturated rings. The highest BCUT2D eigenvalue weighted by atomic mass is 16.1. The number of carbonyl (C=O) groups is 1. The number of rotatable bonds is 6. The Morgan fingerprint density at radius 2 is 1.86 bits per heavy atom. The molecule has 0 rings (SSSR count). The quantitative estimate of drug-likeness (QED) is 0.656. The zero-order chi connectivity index (χ0) is 11.1. The fourth-order valence-electron chi connectivity index (χ4n) is 1.07. The molecule has 3 nitrogen and oxygen atoms in total. The molecular weight excluding hydrogens is 176 g/mol. The van der Waals surface area contributed by atoms with E-state index in [0.717, 1.165) is 19.5 Å². The van der Waals surface area contributed by atoms with Crippen LogP contribution in [-0.4, -0.2) is 38.0 Å². The highest BCUT2D eigenvalue weighted by Gasteiger charge is 2.15. The van der Waals surface area contributed by atoms with E-state index in [1.54, 1.807) is 0 Å². The van der Waals surface area contributed by atoms with Crippen molar-refractivity contribution in [1.82, 2.24) is 10.2 Å². The Kier molecular flexibility index (Phi) is 6.54. The standard InChI is InChI=1S/C11H24N2O/c1-9(2)10(3)11(14)12-7-6-8-13(4)5/h9-10H,6-8H2,1-5H3,(H,12,14)/t10-/m0/s1. The van der Waals surface area contributed by atoms with Crippen molar-refractivity contribution in [3.8, 4) is 0 Å². The SMILES string of the molecule is CC(C)[C@H](C)C(=O)NCCCN(C)C. The number of nitrogens with one attached hydrogen (secondary N) is 1. The summed E-state index contributed by atoms with van der Waals surface area (Å²) in [4.78, 5) is 13.6. The largest absolute Gasteiger partial charge is 0.356 e. The summed E-state index contributed by atoms with van der Waals surface area (Å²) in [6, 6.07) is 0. The van der Waals surface area contributed by atoms with Gasteiger partial charge in [0.15, 0.2) is 0 Å². The summed E-state index contributed by atoms with van der Waals surface area (Å²) in [5.74, 6) is 0.719. The molecule has 0 radical (unpaired) electrons. The minimum Gasteiger partial charge on any atom is -0.356 e. The van der Waals surface area contributed by atoms with E-state index in [0.29, 0.717) is 5.92 Å². The van der Waals surface area contributed by atoms with Gasteiger partial charge in [-0.25, -0.2) is 0 Å². The number of carbonyl (C=O) groups excluding carboxylic acids is 1. The Morgan fingerprint density at radius 1 is 1.29 bits per heavy atom. The Balaban J connectivity index is 3.54. The average Bonchev–Trinajstić information content (AvgIpc) is 2.10. The lowest BCUT2D eigenvalue weighted by atomic mass is 9.97. The number of hydrogen-bond donors (Lipinski definition) is 1. The Hall–Kier alpha value is -0.570. The van der Waals surface area contributed by atoms with Gasteiger partial charge < -0.3 is 10.2 Å². The summed E-state index contributed by atoms with van der Waals surface area (Å²) < 4.78 is 0. The molecule has 1 atom stereocenters. The Morgan fingerprint density at radius 3 is 2.29 bits per heavy atom. The lowest BCUT2D eigenvalue weighted by molar-refractivity contribution is -0.125. The maximum Gasteiger partial charge on any atom is 0.223 e. The molecule has 0 aromatic rings. The fourth-order valence-corrected chi connectivity index (χ4v) is 1.07. The van der Waals surface area contributed by atoms with Gasteiger partial charge in [-0.05, 0) is 33.0 Å². The second-order valence-electron chi connectivity index (χ2n) is 4.48. The van der Waals surface area contributed by atoms with E-state index in [9.17, 15) is 4.79 Å². The summed E-state index contributed by atoms with van der Waals surface area (Å²) in [5, 5.41) is 2.95. The first-order valence-corrected chi connectivity index (χ1v) is 5.37. The molecule has 0 aromatic heterocycles. The van der Waals surface area contributed by atoms with E-state index >= 15 is 0 Å². The summed E-state index contributed by atoms with van der Waals surface area (Å²) in [6.45, 7) is 7.94. The molecule has 0 aliphatic rings. The number of hydrogen-bond acceptors (Lipinski definition) is 2. The van der Waals surface area contributed by atoms with Crippen molar-refractivity contribution in [2.45, 2.75) is 27.2 Å². The van der Waals surface area contributed by atoms with Gasteiger partial charge in [0, 0.05) is 12.5 Å². The summed E-state index contributed by atoms with van der Waals surface area (Å²) in [5.41, 5.74) is 0. The molecule has 14 heavy (non-hydrogen) atoms. The zero-order valence-electron chi connectivity index (χ0n) is 10.1. The van der Waals surface area contributed by atoms with Crippen LogP contribution in [0.15, 0.2) is 0 Å². The van der Waals surface area contributed by atoms with Gasteiger partial charge in [-0.2, -0.15) is 0 Å². The van der Waals surface area contributed by atoms with Gasteiger partial charge in [0.1, 0.15) is 0 Å². The van der Waals surface area contributed by atoms with E-state index in [1.807, 2.05) is 21.0 Å². The minimum absolute atomic E-state index is 0.120. The van der Waals surface area contributed by atoms with Crippen molar-refractivity contribution < 1.29 is 4.79 Å². The first-order chi connectivity index (χ1) is 6.45. The van der Waals surface area contributed by atoms with Crippen LogP contribution in [0.25, 0.3) is 0 Å². The second kappa shape index (κ2) is 6.82. The smallest absolute Gasteiger partial charge is 0.223 e. The van der Waals surface area contributed by atoms with Gasteiger partial charge in [0.25, 0.3) is 0 Å². The molecule has 84 valence electrons. The lowest BCUT2D eigenvalue weighted by Gasteiger charge is -2.16. The summed E-state index contributed by atoms with van der Waals surface area (Å²) in [7, 11) is 4.08. The fraction of sp³-hybridized carbons (Fsp3) is 0.909.